The zero-order valence-electron chi connectivity index (χ0n) is 18.6. The monoisotopic (exact) mass is 469 g/mol. The lowest BCUT2D eigenvalue weighted by atomic mass is 10.1. The van der Waals surface area contributed by atoms with Gasteiger partial charge in [0.2, 0.25) is 5.43 Å². The smallest absolute Gasteiger partial charge is 0.350 e. The topological polar surface area (TPSA) is 81.8 Å². The first-order chi connectivity index (χ1) is 16.2. The molecule has 1 amide bonds. The molecule has 0 spiro atoms. The fourth-order valence-corrected chi connectivity index (χ4v) is 3.85. The number of amides is 1. The van der Waals surface area contributed by atoms with Gasteiger partial charge in [-0.05, 0) is 44.5 Å². The quantitative estimate of drug-likeness (QED) is 0.432. The summed E-state index contributed by atoms with van der Waals surface area (Å²) in [5.74, 6) is 0.106. The van der Waals surface area contributed by atoms with Gasteiger partial charge in [0.05, 0.1) is 22.3 Å². The summed E-state index contributed by atoms with van der Waals surface area (Å²) in [4.78, 5) is 29.5. The predicted octanol–water partition coefficient (Wildman–Crippen LogP) is 4.04. The molecule has 0 aliphatic heterocycles. The third-order valence-electron chi connectivity index (χ3n) is 5.45. The second kappa shape index (κ2) is 9.12. The molecule has 2 aromatic carbocycles. The Kier molecular flexibility index (Phi) is 6.23. The minimum atomic E-state index is -4.62. The number of hydrogen-bond donors (Lipinski definition) is 1. The van der Waals surface area contributed by atoms with Crippen molar-refractivity contribution in [2.45, 2.75) is 33.0 Å². The summed E-state index contributed by atoms with van der Waals surface area (Å²) in [5, 5.41) is 6.62. The number of fused-ring (bicyclic) bond motifs is 1. The normalized spacial score (nSPS) is 11.7. The Morgan fingerprint density at radius 3 is 2.53 bits per heavy atom. The molecular formula is C24H22F3N5O2. The molecule has 1 N–H and O–H groups in total. The lowest BCUT2D eigenvalue weighted by Gasteiger charge is -2.16. The molecule has 0 saturated carbocycles. The average molecular weight is 469 g/mol. The number of imidazole rings is 1. The number of aryl methyl sites for hydroxylation is 3. The molecule has 176 valence electrons. The summed E-state index contributed by atoms with van der Waals surface area (Å²) in [7, 11) is 0. The van der Waals surface area contributed by atoms with Crippen molar-refractivity contribution >= 4 is 16.9 Å². The molecular weight excluding hydrogens is 447 g/mol. The van der Waals surface area contributed by atoms with Gasteiger partial charge in [0.1, 0.15) is 5.82 Å². The molecule has 7 nitrogen and oxygen atoms in total. The van der Waals surface area contributed by atoms with Gasteiger partial charge in [0.15, 0.2) is 5.69 Å². The average Bonchev–Trinajstić information content (AvgIpc) is 3.11. The Morgan fingerprint density at radius 2 is 1.76 bits per heavy atom. The van der Waals surface area contributed by atoms with Crippen molar-refractivity contribution in [2.24, 2.45) is 0 Å². The van der Waals surface area contributed by atoms with E-state index in [1.165, 1.54) is 25.1 Å². The summed E-state index contributed by atoms with van der Waals surface area (Å²) in [6.07, 6.45) is -4.06. The van der Waals surface area contributed by atoms with Gasteiger partial charge in [-0.25, -0.2) is 9.67 Å². The number of carbonyl (C=O) groups is 1. The van der Waals surface area contributed by atoms with E-state index < -0.39 is 28.8 Å². The van der Waals surface area contributed by atoms with E-state index in [1.54, 1.807) is 0 Å². The first-order valence-electron chi connectivity index (χ1n) is 10.6. The van der Waals surface area contributed by atoms with E-state index in [0.717, 1.165) is 33.7 Å². The largest absolute Gasteiger partial charge is 0.418 e. The van der Waals surface area contributed by atoms with Crippen molar-refractivity contribution in [2.75, 3.05) is 6.54 Å². The van der Waals surface area contributed by atoms with Crippen LogP contribution in [-0.4, -0.2) is 31.8 Å². The maximum Gasteiger partial charge on any atom is 0.418 e. The minimum Gasteiger partial charge on any atom is -0.350 e. The number of hydrogen-bond acceptors (Lipinski definition) is 4. The summed E-state index contributed by atoms with van der Waals surface area (Å²) < 4.78 is 43.4. The number of halogens is 3. The van der Waals surface area contributed by atoms with Crippen LogP contribution in [0.3, 0.4) is 0 Å². The van der Waals surface area contributed by atoms with E-state index in [1.807, 2.05) is 35.8 Å². The first-order valence-corrected chi connectivity index (χ1v) is 10.6. The van der Waals surface area contributed by atoms with Crippen LogP contribution in [0.2, 0.25) is 0 Å². The van der Waals surface area contributed by atoms with Gasteiger partial charge >= 0.3 is 6.18 Å². The number of aromatic nitrogens is 4. The molecule has 0 aliphatic rings. The SMILES string of the molecule is Cc1cc(=O)c(C(=O)NCCCn2c(C)nc3ccccc32)nn1-c1ccccc1C(F)(F)F. The third-order valence-corrected chi connectivity index (χ3v) is 5.45. The van der Waals surface area contributed by atoms with Crippen LogP contribution < -0.4 is 10.7 Å². The molecule has 0 radical (unpaired) electrons. The number of alkyl halides is 3. The van der Waals surface area contributed by atoms with Crippen LogP contribution in [0.5, 0.6) is 0 Å². The molecule has 2 aromatic heterocycles. The highest BCUT2D eigenvalue weighted by atomic mass is 19.4. The highest BCUT2D eigenvalue weighted by Gasteiger charge is 2.34. The van der Waals surface area contributed by atoms with Crippen LogP contribution in [0.25, 0.3) is 16.7 Å². The maximum atomic E-state index is 13.5. The van der Waals surface area contributed by atoms with Crippen LogP contribution in [0.15, 0.2) is 59.4 Å². The summed E-state index contributed by atoms with van der Waals surface area (Å²) in [6.45, 7) is 4.20. The van der Waals surface area contributed by atoms with Gasteiger partial charge in [-0.15, -0.1) is 0 Å². The van der Waals surface area contributed by atoms with Gasteiger partial charge < -0.3 is 9.88 Å². The minimum absolute atomic E-state index is 0.181. The Hall–Kier alpha value is -3.95. The number of carbonyl (C=O) groups excluding carboxylic acids is 1. The predicted molar refractivity (Wildman–Crippen MR) is 121 cm³/mol. The fourth-order valence-electron chi connectivity index (χ4n) is 3.85. The molecule has 4 aromatic rings. The first kappa shape index (κ1) is 23.2. The molecule has 0 atom stereocenters. The zero-order valence-corrected chi connectivity index (χ0v) is 18.6. The standard InChI is InChI=1S/C24H22F3N5O2/c1-15-14-21(33)22(30-32(15)19-10-5-3-8-17(19)24(25,26)27)23(34)28-12-7-13-31-16(2)29-18-9-4-6-11-20(18)31/h3-6,8-11,14H,7,12-13H2,1-2H3,(H,28,34). The molecule has 0 aliphatic carbocycles. The molecule has 0 fully saturated rings. The molecule has 34 heavy (non-hydrogen) atoms. The highest BCUT2D eigenvalue weighted by molar-refractivity contribution is 5.92. The van der Waals surface area contributed by atoms with E-state index in [9.17, 15) is 22.8 Å². The van der Waals surface area contributed by atoms with E-state index in [0.29, 0.717) is 13.0 Å². The summed E-state index contributed by atoms with van der Waals surface area (Å²) in [5.41, 5.74) is -0.252. The van der Waals surface area contributed by atoms with Crippen LogP contribution in [0, 0.1) is 13.8 Å². The van der Waals surface area contributed by atoms with Crippen LogP contribution in [0.4, 0.5) is 13.2 Å². The Bertz CT molecular complexity index is 1420. The van der Waals surface area contributed by atoms with Crippen molar-refractivity contribution in [3.8, 4) is 5.69 Å². The van der Waals surface area contributed by atoms with Crippen LogP contribution in [-0.2, 0) is 12.7 Å². The van der Waals surface area contributed by atoms with Crippen LogP contribution >= 0.6 is 0 Å². The van der Waals surface area contributed by atoms with E-state index in [4.69, 9.17) is 0 Å². The molecule has 10 heteroatoms. The van der Waals surface area contributed by atoms with E-state index >= 15 is 0 Å². The van der Waals surface area contributed by atoms with Crippen molar-refractivity contribution in [1.82, 2.24) is 24.6 Å². The fraction of sp³-hybridized carbons (Fsp3) is 0.250. The van der Waals surface area contributed by atoms with Crippen molar-refractivity contribution in [1.29, 1.82) is 0 Å². The Balaban J connectivity index is 1.51. The second-order valence-electron chi connectivity index (χ2n) is 7.83. The lowest BCUT2D eigenvalue weighted by molar-refractivity contribution is -0.137. The molecule has 0 bridgehead atoms. The number of nitrogens with zero attached hydrogens (tertiary/aromatic N) is 4. The van der Waals surface area contributed by atoms with Crippen molar-refractivity contribution < 1.29 is 18.0 Å². The molecule has 2 heterocycles. The van der Waals surface area contributed by atoms with Gasteiger partial charge in [0.25, 0.3) is 5.91 Å². The third kappa shape index (κ3) is 4.57. The number of rotatable bonds is 6. The summed E-state index contributed by atoms with van der Waals surface area (Å²) >= 11 is 0. The maximum absolute atomic E-state index is 13.5. The van der Waals surface area contributed by atoms with E-state index in [2.05, 4.69) is 15.4 Å². The van der Waals surface area contributed by atoms with Crippen molar-refractivity contribution in [3.05, 3.63) is 87.6 Å². The van der Waals surface area contributed by atoms with Gasteiger partial charge in [-0.1, -0.05) is 24.3 Å². The van der Waals surface area contributed by atoms with Crippen LogP contribution in [0.1, 0.15) is 34.0 Å². The number of benzene rings is 2. The molecule has 0 unspecified atom stereocenters. The van der Waals surface area contributed by atoms with Gasteiger partial charge in [-0.2, -0.15) is 18.3 Å². The molecule has 4 rings (SSSR count). The number of para-hydroxylation sites is 3. The lowest BCUT2D eigenvalue weighted by Crippen LogP contribution is -2.33. The highest BCUT2D eigenvalue weighted by Crippen LogP contribution is 2.33. The molecule has 0 saturated heterocycles. The zero-order chi connectivity index (χ0) is 24.5. The van der Waals surface area contributed by atoms with Crippen molar-refractivity contribution in [3.63, 3.8) is 0 Å². The Morgan fingerprint density at radius 1 is 1.06 bits per heavy atom. The second-order valence-corrected chi connectivity index (χ2v) is 7.83. The Labute approximate surface area is 192 Å². The summed E-state index contributed by atoms with van der Waals surface area (Å²) in [6, 6.07) is 13.7. The van der Waals surface area contributed by atoms with Gasteiger partial charge in [-0.3, -0.25) is 9.59 Å². The van der Waals surface area contributed by atoms with Gasteiger partial charge in [0, 0.05) is 24.8 Å². The van der Waals surface area contributed by atoms with E-state index in [-0.39, 0.29) is 17.9 Å². The number of nitrogens with one attached hydrogen (secondary N) is 1.